The maximum Gasteiger partial charge on any atom is 0.471 e. The summed E-state index contributed by atoms with van der Waals surface area (Å²) in [6.45, 7) is 1.03. The lowest BCUT2D eigenvalue weighted by Gasteiger charge is -2.25. The summed E-state index contributed by atoms with van der Waals surface area (Å²) in [5.41, 5.74) is -1.35. The van der Waals surface area contributed by atoms with Gasteiger partial charge in [0.2, 0.25) is 5.82 Å². The summed E-state index contributed by atoms with van der Waals surface area (Å²) >= 11 is 0. The third kappa shape index (κ3) is 4.17. The number of carbonyl (C=O) groups excluding carboxylic acids is 1. The van der Waals surface area contributed by atoms with Crippen molar-refractivity contribution < 1.29 is 37.1 Å². The first-order valence-corrected chi connectivity index (χ1v) is 7.13. The Morgan fingerprint density at radius 2 is 1.88 bits per heavy atom. The van der Waals surface area contributed by atoms with Gasteiger partial charge in [-0.25, -0.2) is 4.79 Å². The molecule has 0 saturated heterocycles. The molecule has 0 aliphatic heterocycles. The zero-order valence-corrected chi connectivity index (χ0v) is 13.6. The largest absolute Gasteiger partial charge is 0.479 e. The number of carbonyl (C=O) groups is 2. The van der Waals surface area contributed by atoms with Crippen LogP contribution >= 0.6 is 0 Å². The minimum absolute atomic E-state index is 0.0943. The smallest absolute Gasteiger partial charge is 0.471 e. The first-order valence-electron chi connectivity index (χ1n) is 7.13. The number of nitrogens with one attached hydrogen (secondary N) is 1. The Labute approximate surface area is 145 Å². The highest BCUT2D eigenvalue weighted by Gasteiger charge is 2.38. The van der Waals surface area contributed by atoms with Crippen molar-refractivity contribution in [1.82, 2.24) is 15.5 Å². The molecule has 1 amide bonds. The summed E-state index contributed by atoms with van der Waals surface area (Å²) < 4.78 is 46.3. The van der Waals surface area contributed by atoms with Crippen LogP contribution in [0.25, 0.3) is 11.4 Å². The van der Waals surface area contributed by atoms with Crippen LogP contribution in [0.4, 0.5) is 13.2 Å². The molecule has 1 heterocycles. The van der Waals surface area contributed by atoms with Gasteiger partial charge in [-0.15, -0.1) is 0 Å². The number of benzene rings is 1. The molecule has 0 fully saturated rings. The molecule has 0 radical (unpaired) electrons. The van der Waals surface area contributed by atoms with E-state index in [0.29, 0.717) is 0 Å². The van der Waals surface area contributed by atoms with Crippen molar-refractivity contribution in [2.75, 3.05) is 13.7 Å². The van der Waals surface area contributed by atoms with E-state index in [-0.39, 0.29) is 23.6 Å². The standard InChI is InChI=1S/C15H14F3N3O5/c1-14(7-25-2,13(23)24)20-11(22)9-5-3-8(4-6-9)10-19-12(26-21-10)15(16,17)18/h3-6H,7H2,1-2H3,(H,20,22)(H,23,24). The second-order valence-corrected chi connectivity index (χ2v) is 5.52. The second-order valence-electron chi connectivity index (χ2n) is 5.52. The molecule has 26 heavy (non-hydrogen) atoms. The van der Waals surface area contributed by atoms with Crippen molar-refractivity contribution in [3.8, 4) is 11.4 Å². The van der Waals surface area contributed by atoms with Crippen molar-refractivity contribution in [2.24, 2.45) is 0 Å². The number of aromatic nitrogens is 2. The fraction of sp³-hybridized carbons (Fsp3) is 0.333. The molecule has 1 aromatic heterocycles. The third-order valence-electron chi connectivity index (χ3n) is 3.37. The van der Waals surface area contributed by atoms with E-state index in [9.17, 15) is 27.9 Å². The molecule has 8 nitrogen and oxygen atoms in total. The number of amides is 1. The van der Waals surface area contributed by atoms with Crippen LogP contribution in [0.5, 0.6) is 0 Å². The fourth-order valence-corrected chi connectivity index (χ4v) is 1.99. The van der Waals surface area contributed by atoms with Crippen LogP contribution in [-0.4, -0.2) is 46.4 Å². The number of carboxylic acid groups (broad SMARTS) is 1. The normalized spacial score (nSPS) is 13.9. The predicted octanol–water partition coefficient (Wildman–Crippen LogP) is 1.97. The number of aliphatic carboxylic acids is 1. The lowest BCUT2D eigenvalue weighted by molar-refractivity contribution is -0.159. The van der Waals surface area contributed by atoms with Crippen LogP contribution in [0, 0.1) is 0 Å². The van der Waals surface area contributed by atoms with Gasteiger partial charge in [0, 0.05) is 18.2 Å². The lowest BCUT2D eigenvalue weighted by atomic mass is 10.0. The van der Waals surface area contributed by atoms with Gasteiger partial charge >= 0.3 is 18.0 Å². The quantitative estimate of drug-likeness (QED) is 0.796. The van der Waals surface area contributed by atoms with Crippen LogP contribution in [0.15, 0.2) is 28.8 Å². The number of hydrogen-bond acceptors (Lipinski definition) is 6. The van der Waals surface area contributed by atoms with E-state index < -0.39 is 29.5 Å². The van der Waals surface area contributed by atoms with Crippen molar-refractivity contribution in [2.45, 2.75) is 18.6 Å². The van der Waals surface area contributed by atoms with Gasteiger partial charge in [0.25, 0.3) is 5.91 Å². The second kappa shape index (κ2) is 7.12. The van der Waals surface area contributed by atoms with Gasteiger partial charge in [0.05, 0.1) is 6.61 Å². The first kappa shape index (κ1) is 19.4. The molecule has 140 valence electrons. The molecular weight excluding hydrogens is 359 g/mol. The highest BCUT2D eigenvalue weighted by atomic mass is 19.4. The van der Waals surface area contributed by atoms with E-state index >= 15 is 0 Å². The number of halogens is 3. The summed E-state index contributed by atoms with van der Waals surface area (Å²) in [4.78, 5) is 26.7. The molecule has 0 saturated carbocycles. The number of nitrogens with zero attached hydrogens (tertiary/aromatic N) is 2. The van der Waals surface area contributed by atoms with Gasteiger partial charge in [-0.1, -0.05) is 17.3 Å². The number of hydrogen-bond donors (Lipinski definition) is 2. The Bertz CT molecular complexity index is 804. The van der Waals surface area contributed by atoms with E-state index in [0.717, 1.165) is 0 Å². The van der Waals surface area contributed by atoms with Crippen molar-refractivity contribution in [3.05, 3.63) is 35.7 Å². The maximum absolute atomic E-state index is 12.5. The molecule has 0 aliphatic carbocycles. The predicted molar refractivity (Wildman–Crippen MR) is 80.1 cm³/mol. The van der Waals surface area contributed by atoms with Crippen LogP contribution in [-0.2, 0) is 15.7 Å². The Balaban J connectivity index is 2.17. The maximum atomic E-state index is 12.5. The lowest BCUT2D eigenvalue weighted by Crippen LogP contribution is -2.55. The van der Waals surface area contributed by atoms with Gasteiger partial charge in [-0.05, 0) is 19.1 Å². The average molecular weight is 373 g/mol. The van der Waals surface area contributed by atoms with Gasteiger partial charge < -0.3 is 19.7 Å². The number of alkyl halides is 3. The molecule has 11 heteroatoms. The Morgan fingerprint density at radius 3 is 2.35 bits per heavy atom. The van der Waals surface area contributed by atoms with E-state index in [1.54, 1.807) is 0 Å². The van der Waals surface area contributed by atoms with E-state index in [1.165, 1.54) is 38.3 Å². The van der Waals surface area contributed by atoms with Crippen molar-refractivity contribution in [3.63, 3.8) is 0 Å². The van der Waals surface area contributed by atoms with E-state index in [1.807, 2.05) is 0 Å². The molecule has 0 spiro atoms. The zero-order valence-electron chi connectivity index (χ0n) is 13.6. The minimum Gasteiger partial charge on any atom is -0.479 e. The van der Waals surface area contributed by atoms with E-state index in [4.69, 9.17) is 4.74 Å². The van der Waals surface area contributed by atoms with Gasteiger partial charge in [0.15, 0.2) is 5.54 Å². The molecule has 2 rings (SSSR count). The van der Waals surface area contributed by atoms with Crippen LogP contribution in [0.2, 0.25) is 0 Å². The number of carboxylic acids is 1. The summed E-state index contributed by atoms with van der Waals surface area (Å²) in [5.74, 6) is -3.75. The van der Waals surface area contributed by atoms with Gasteiger partial charge in [-0.2, -0.15) is 18.2 Å². The van der Waals surface area contributed by atoms with E-state index in [2.05, 4.69) is 20.0 Å². The highest BCUT2D eigenvalue weighted by Crippen LogP contribution is 2.29. The molecular formula is C15H14F3N3O5. The van der Waals surface area contributed by atoms with Crippen molar-refractivity contribution in [1.29, 1.82) is 0 Å². The van der Waals surface area contributed by atoms with Gasteiger partial charge in [-0.3, -0.25) is 4.79 Å². The summed E-state index contributed by atoms with van der Waals surface area (Å²) in [6.07, 6.45) is -4.76. The van der Waals surface area contributed by atoms with Crippen LogP contribution in [0.1, 0.15) is 23.2 Å². The highest BCUT2D eigenvalue weighted by molar-refractivity contribution is 5.98. The molecule has 1 aromatic carbocycles. The number of ether oxygens (including phenoxy) is 1. The SMILES string of the molecule is COCC(C)(NC(=O)c1ccc(-c2noc(C(F)(F)F)n2)cc1)C(=O)O. The molecule has 1 atom stereocenters. The Kier molecular flexibility index (Phi) is 5.30. The molecule has 0 aliphatic rings. The number of methoxy groups -OCH3 is 1. The van der Waals surface area contributed by atoms with Crippen molar-refractivity contribution >= 4 is 11.9 Å². The van der Waals surface area contributed by atoms with Crippen LogP contribution < -0.4 is 5.32 Å². The topological polar surface area (TPSA) is 115 Å². The fourth-order valence-electron chi connectivity index (χ4n) is 1.99. The third-order valence-corrected chi connectivity index (χ3v) is 3.37. The minimum atomic E-state index is -4.76. The molecule has 1 unspecified atom stereocenters. The summed E-state index contributed by atoms with van der Waals surface area (Å²) in [6, 6.07) is 5.22. The first-order chi connectivity index (χ1) is 12.1. The monoisotopic (exact) mass is 373 g/mol. The zero-order chi connectivity index (χ0) is 19.5. The average Bonchev–Trinajstić information content (AvgIpc) is 3.05. The number of rotatable bonds is 6. The summed E-state index contributed by atoms with van der Waals surface area (Å²) in [5, 5.41) is 14.8. The Hall–Kier alpha value is -2.95. The van der Waals surface area contributed by atoms with Gasteiger partial charge in [0.1, 0.15) is 0 Å². The van der Waals surface area contributed by atoms with Crippen LogP contribution in [0.3, 0.4) is 0 Å². The summed E-state index contributed by atoms with van der Waals surface area (Å²) in [7, 11) is 1.29. The molecule has 2 aromatic rings. The molecule has 0 bridgehead atoms. The molecule has 2 N–H and O–H groups in total. The Morgan fingerprint density at radius 1 is 1.27 bits per heavy atom.